The van der Waals surface area contributed by atoms with Gasteiger partial charge >= 0.3 is 0 Å². The smallest absolute Gasteiger partial charge is 0.154 e. The van der Waals surface area contributed by atoms with Gasteiger partial charge in [0.25, 0.3) is 0 Å². The fourth-order valence-corrected chi connectivity index (χ4v) is 3.38. The maximum Gasteiger partial charge on any atom is 0.154 e. The minimum absolute atomic E-state index is 0.116. The van der Waals surface area contributed by atoms with Gasteiger partial charge in [0.15, 0.2) is 11.0 Å². The number of aromatic nitrogens is 2. The average Bonchev–Trinajstić information content (AvgIpc) is 2.70. The third-order valence-corrected chi connectivity index (χ3v) is 5.28. The lowest BCUT2D eigenvalue weighted by Gasteiger charge is -2.19. The summed E-state index contributed by atoms with van der Waals surface area (Å²) in [5.41, 5.74) is 5.30. The largest absolute Gasteiger partial charge is 0.368 e. The molecule has 29 heavy (non-hydrogen) atoms. The number of hydrogen-bond donors (Lipinski definition) is 1. The maximum atomic E-state index is 6.52. The summed E-state index contributed by atoms with van der Waals surface area (Å²) in [5, 5.41) is 3.89. The average molecular weight is 408 g/mol. The van der Waals surface area contributed by atoms with Gasteiger partial charge < -0.3 is 5.32 Å². The molecule has 3 aromatic rings. The third kappa shape index (κ3) is 5.57. The van der Waals surface area contributed by atoms with E-state index in [1.807, 2.05) is 18.2 Å². The van der Waals surface area contributed by atoms with E-state index in [1.54, 1.807) is 0 Å². The highest BCUT2D eigenvalue weighted by Gasteiger charge is 2.17. The van der Waals surface area contributed by atoms with E-state index in [4.69, 9.17) is 16.6 Å². The molecule has 152 valence electrons. The second-order valence-corrected chi connectivity index (χ2v) is 8.79. The number of unbranched alkanes of at least 4 members (excludes halogenated alkanes) is 1. The molecule has 1 heterocycles. The van der Waals surface area contributed by atoms with Gasteiger partial charge in [0.05, 0.1) is 5.69 Å². The Kier molecular flexibility index (Phi) is 6.92. The summed E-state index contributed by atoms with van der Waals surface area (Å²) < 4.78 is 0. The van der Waals surface area contributed by atoms with Crippen molar-refractivity contribution < 1.29 is 0 Å². The Balaban J connectivity index is 2.00. The van der Waals surface area contributed by atoms with E-state index in [-0.39, 0.29) is 5.41 Å². The van der Waals surface area contributed by atoms with Gasteiger partial charge in [0.1, 0.15) is 5.69 Å². The van der Waals surface area contributed by atoms with Gasteiger partial charge in [-0.3, -0.25) is 0 Å². The normalized spacial score (nSPS) is 11.5. The molecule has 0 saturated carbocycles. The molecular formula is C25H30ClN3. The predicted octanol–water partition coefficient (Wildman–Crippen LogP) is 6.90. The molecule has 1 aromatic heterocycles. The molecule has 1 N–H and O–H groups in total. The second-order valence-electron chi connectivity index (χ2n) is 8.43. The zero-order valence-corrected chi connectivity index (χ0v) is 18.6. The molecule has 0 aliphatic carbocycles. The minimum atomic E-state index is 0.116. The first-order chi connectivity index (χ1) is 13.9. The van der Waals surface area contributed by atoms with Crippen molar-refractivity contribution in [2.45, 2.75) is 52.4 Å². The van der Waals surface area contributed by atoms with Crippen LogP contribution in [0.4, 0.5) is 5.82 Å². The third-order valence-electron chi connectivity index (χ3n) is 4.98. The Morgan fingerprint density at radius 1 is 0.931 bits per heavy atom. The van der Waals surface area contributed by atoms with Crippen LogP contribution in [0.2, 0.25) is 5.15 Å². The lowest BCUT2D eigenvalue weighted by molar-refractivity contribution is 0.590. The van der Waals surface area contributed by atoms with E-state index in [2.05, 4.69) is 74.4 Å². The van der Waals surface area contributed by atoms with Crippen LogP contribution in [0.5, 0.6) is 0 Å². The van der Waals surface area contributed by atoms with E-state index >= 15 is 0 Å². The quantitative estimate of drug-likeness (QED) is 0.433. The van der Waals surface area contributed by atoms with Crippen LogP contribution in [-0.2, 0) is 11.8 Å². The van der Waals surface area contributed by atoms with Crippen molar-refractivity contribution in [2.24, 2.45) is 0 Å². The van der Waals surface area contributed by atoms with Crippen molar-refractivity contribution in [3.8, 4) is 11.3 Å². The summed E-state index contributed by atoms with van der Waals surface area (Å²) in [6.07, 6.45) is 2.86. The number of halogens is 1. The van der Waals surface area contributed by atoms with Gasteiger partial charge in [-0.05, 0) is 23.0 Å². The molecule has 0 aliphatic heterocycles. The van der Waals surface area contributed by atoms with Crippen LogP contribution in [-0.4, -0.2) is 16.5 Å². The number of nitrogens with one attached hydrogen (secondary N) is 1. The molecule has 0 unspecified atom stereocenters. The van der Waals surface area contributed by atoms with Crippen molar-refractivity contribution in [1.82, 2.24) is 9.97 Å². The van der Waals surface area contributed by atoms with Crippen LogP contribution < -0.4 is 5.32 Å². The van der Waals surface area contributed by atoms with Crippen molar-refractivity contribution in [2.75, 3.05) is 11.9 Å². The van der Waals surface area contributed by atoms with Gasteiger partial charge in [-0.1, -0.05) is 100 Å². The molecule has 0 spiro atoms. The van der Waals surface area contributed by atoms with Crippen molar-refractivity contribution in [1.29, 1.82) is 0 Å². The molecule has 0 atom stereocenters. The Hall–Kier alpha value is -2.39. The highest BCUT2D eigenvalue weighted by atomic mass is 35.5. The highest BCUT2D eigenvalue weighted by molar-refractivity contribution is 6.30. The number of anilines is 1. The van der Waals surface area contributed by atoms with Crippen LogP contribution in [0.3, 0.4) is 0 Å². The van der Waals surface area contributed by atoms with Gasteiger partial charge in [-0.15, -0.1) is 0 Å². The SMILES string of the molecule is CCCCNc1nc(Cl)c(Cc2ccccc2)nc1-c1ccc(C(C)(C)C)cc1. The molecule has 0 bridgehead atoms. The fraction of sp³-hybridized carbons (Fsp3) is 0.360. The topological polar surface area (TPSA) is 37.8 Å². The summed E-state index contributed by atoms with van der Waals surface area (Å²) in [7, 11) is 0. The summed E-state index contributed by atoms with van der Waals surface area (Å²) in [4.78, 5) is 9.63. The Labute approximate surface area is 179 Å². The van der Waals surface area contributed by atoms with Crippen molar-refractivity contribution in [3.63, 3.8) is 0 Å². The summed E-state index contributed by atoms with van der Waals surface area (Å²) in [6, 6.07) is 18.9. The van der Waals surface area contributed by atoms with Gasteiger partial charge in [-0.2, -0.15) is 0 Å². The van der Waals surface area contributed by atoms with Crippen LogP contribution in [0.15, 0.2) is 54.6 Å². The molecule has 2 aromatic carbocycles. The number of benzene rings is 2. The van der Waals surface area contributed by atoms with Crippen molar-refractivity contribution >= 4 is 17.4 Å². The van der Waals surface area contributed by atoms with Crippen LogP contribution in [0, 0.1) is 0 Å². The first kappa shape index (κ1) is 21.3. The minimum Gasteiger partial charge on any atom is -0.368 e. The Morgan fingerprint density at radius 3 is 2.24 bits per heavy atom. The van der Waals surface area contributed by atoms with Crippen LogP contribution in [0.1, 0.15) is 57.4 Å². The summed E-state index contributed by atoms with van der Waals surface area (Å²) in [6.45, 7) is 9.70. The van der Waals surface area contributed by atoms with Gasteiger partial charge in [0, 0.05) is 18.5 Å². The zero-order valence-electron chi connectivity index (χ0n) is 17.8. The first-order valence-corrected chi connectivity index (χ1v) is 10.7. The van der Waals surface area contributed by atoms with Crippen molar-refractivity contribution in [3.05, 3.63) is 76.6 Å². The van der Waals surface area contributed by atoms with E-state index in [0.29, 0.717) is 11.6 Å². The Bertz CT molecular complexity index is 929. The highest BCUT2D eigenvalue weighted by Crippen LogP contribution is 2.31. The van der Waals surface area contributed by atoms with E-state index < -0.39 is 0 Å². The number of nitrogens with zero attached hydrogens (tertiary/aromatic N) is 2. The fourth-order valence-electron chi connectivity index (χ4n) is 3.19. The molecule has 0 saturated heterocycles. The Morgan fingerprint density at radius 2 is 1.62 bits per heavy atom. The van der Waals surface area contributed by atoms with Crippen LogP contribution in [0.25, 0.3) is 11.3 Å². The van der Waals surface area contributed by atoms with Crippen LogP contribution >= 0.6 is 11.6 Å². The van der Waals surface area contributed by atoms with E-state index in [9.17, 15) is 0 Å². The molecular weight excluding hydrogens is 378 g/mol. The molecule has 4 heteroatoms. The maximum absolute atomic E-state index is 6.52. The molecule has 3 nitrogen and oxygen atoms in total. The number of rotatable bonds is 7. The van der Waals surface area contributed by atoms with Gasteiger partial charge in [0.2, 0.25) is 0 Å². The molecule has 0 radical (unpaired) electrons. The summed E-state index contributed by atoms with van der Waals surface area (Å²) >= 11 is 6.52. The van der Waals surface area contributed by atoms with Gasteiger partial charge in [-0.25, -0.2) is 9.97 Å². The van der Waals surface area contributed by atoms with E-state index in [0.717, 1.165) is 42.2 Å². The molecule has 0 aliphatic rings. The lowest BCUT2D eigenvalue weighted by Crippen LogP contribution is -2.11. The zero-order chi connectivity index (χ0) is 20.9. The standard InChI is InChI=1S/C25H30ClN3/c1-5-6-16-27-24-22(19-12-14-20(15-13-19)25(2,3)4)28-21(23(26)29-24)17-18-10-8-7-9-11-18/h7-15H,5-6,16-17H2,1-4H3,(H,27,29). The lowest BCUT2D eigenvalue weighted by atomic mass is 9.86. The molecule has 0 amide bonds. The molecule has 0 fully saturated rings. The molecule has 3 rings (SSSR count). The van der Waals surface area contributed by atoms with E-state index in [1.165, 1.54) is 11.1 Å². The predicted molar refractivity (Wildman–Crippen MR) is 124 cm³/mol. The number of hydrogen-bond acceptors (Lipinski definition) is 3. The monoisotopic (exact) mass is 407 g/mol. The summed E-state index contributed by atoms with van der Waals surface area (Å²) in [5.74, 6) is 0.753. The first-order valence-electron chi connectivity index (χ1n) is 10.3. The second kappa shape index (κ2) is 9.41.